The molecule has 2 amide bonds. The Labute approximate surface area is 329 Å². The third-order valence-corrected chi connectivity index (χ3v) is 9.41. The van der Waals surface area contributed by atoms with Crippen LogP contribution in [-0.2, 0) is 20.6 Å². The number of aromatic nitrogens is 4. The Balaban J connectivity index is 0.000000177. The second-order valence-corrected chi connectivity index (χ2v) is 13.4. The number of rotatable bonds is 4. The van der Waals surface area contributed by atoms with Gasteiger partial charge in [-0.25, -0.2) is 37.1 Å². The number of amides is 2. The largest absolute Gasteiger partial charge is 0.438 e. The minimum atomic E-state index is -0.949. The molecule has 2 saturated heterocycles. The number of carbonyl (C=O) groups is 2. The van der Waals surface area contributed by atoms with Gasteiger partial charge in [0.1, 0.15) is 34.1 Å². The van der Waals surface area contributed by atoms with Crippen LogP contribution in [0.3, 0.4) is 0 Å². The van der Waals surface area contributed by atoms with Crippen molar-refractivity contribution >= 4 is 12.2 Å². The lowest BCUT2D eigenvalue weighted by atomic mass is 9.84. The average Bonchev–Trinajstić information content (AvgIpc) is 3.72. The molecule has 4 aromatic heterocycles. The molecule has 58 heavy (non-hydrogen) atoms. The molecule has 0 bridgehead atoms. The Kier molecular flexibility index (Phi) is 10.8. The fraction of sp³-hybridized carbons (Fsp3) is 0.136. The van der Waals surface area contributed by atoms with Gasteiger partial charge in [-0.2, -0.15) is 0 Å². The molecular formula is C44H30F4N6O4. The average molecular weight is 783 g/mol. The lowest BCUT2D eigenvalue weighted by molar-refractivity contribution is 0.112. The Bertz CT molecular complexity index is 2460. The predicted octanol–water partition coefficient (Wildman–Crippen LogP) is 7.70. The van der Waals surface area contributed by atoms with E-state index in [4.69, 9.17) is 9.47 Å². The third kappa shape index (κ3) is 8.32. The lowest BCUT2D eigenvalue weighted by Gasteiger charge is -2.29. The van der Waals surface area contributed by atoms with Crippen LogP contribution in [0.25, 0.3) is 0 Å². The molecule has 6 aromatic rings. The van der Waals surface area contributed by atoms with Gasteiger partial charge in [0.05, 0.1) is 0 Å². The van der Waals surface area contributed by atoms with Crippen molar-refractivity contribution in [1.82, 2.24) is 30.6 Å². The standard InChI is InChI=1S/2C22H15F2N3O2/c2*1-22(20(29-21(28)27-22)15-5-7-17(23)8-6-15)16-11-14(12-25-13-16)4-9-19-18(24)3-2-10-26-19/h2*2-3,5-8,10-13,20H,1H3,(H,27,28)/t2*20-,22-/m10/s1. The van der Waals surface area contributed by atoms with Crippen molar-refractivity contribution < 1.29 is 36.6 Å². The van der Waals surface area contributed by atoms with E-state index in [0.717, 1.165) is 0 Å². The fourth-order valence-corrected chi connectivity index (χ4v) is 6.39. The van der Waals surface area contributed by atoms with Crippen LogP contribution in [-0.4, -0.2) is 32.1 Å². The molecule has 10 nitrogen and oxygen atoms in total. The van der Waals surface area contributed by atoms with Gasteiger partial charge in [-0.1, -0.05) is 36.1 Å². The van der Waals surface area contributed by atoms with E-state index in [0.29, 0.717) is 33.4 Å². The molecule has 0 spiro atoms. The summed E-state index contributed by atoms with van der Waals surface area (Å²) in [5.41, 5.74) is 1.78. The second-order valence-electron chi connectivity index (χ2n) is 13.4. The predicted molar refractivity (Wildman–Crippen MR) is 201 cm³/mol. The van der Waals surface area contributed by atoms with Crippen molar-refractivity contribution in [2.24, 2.45) is 0 Å². The Hall–Kier alpha value is -7.58. The number of alkyl carbamates (subject to hydrolysis) is 2. The first-order valence-corrected chi connectivity index (χ1v) is 17.6. The van der Waals surface area contributed by atoms with Crippen LogP contribution in [0.5, 0.6) is 0 Å². The molecule has 2 aliphatic rings. The van der Waals surface area contributed by atoms with Crippen LogP contribution in [0.1, 0.15) is 70.8 Å². The van der Waals surface area contributed by atoms with E-state index in [1.54, 1.807) is 62.6 Å². The summed E-state index contributed by atoms with van der Waals surface area (Å²) in [6.45, 7) is 3.58. The molecule has 6 heterocycles. The highest BCUT2D eigenvalue weighted by atomic mass is 19.1. The Morgan fingerprint density at radius 2 is 0.966 bits per heavy atom. The van der Waals surface area contributed by atoms with E-state index in [1.165, 1.54) is 73.3 Å². The zero-order chi connectivity index (χ0) is 40.9. The molecule has 14 heteroatoms. The summed E-state index contributed by atoms with van der Waals surface area (Å²) < 4.78 is 64.9. The molecule has 0 radical (unpaired) electrons. The summed E-state index contributed by atoms with van der Waals surface area (Å²) in [7, 11) is 0. The monoisotopic (exact) mass is 782 g/mol. The van der Waals surface area contributed by atoms with Gasteiger partial charge in [-0.05, 0) is 97.5 Å². The number of benzene rings is 2. The number of cyclic esters (lactones) is 2. The molecule has 288 valence electrons. The first-order valence-electron chi connectivity index (χ1n) is 17.6. The minimum absolute atomic E-state index is 0.0332. The van der Waals surface area contributed by atoms with E-state index in [9.17, 15) is 27.2 Å². The molecule has 2 N–H and O–H groups in total. The smallest absolute Gasteiger partial charge is 0.408 e. The molecule has 4 atom stereocenters. The van der Waals surface area contributed by atoms with Gasteiger partial charge < -0.3 is 20.1 Å². The van der Waals surface area contributed by atoms with Crippen LogP contribution in [0, 0.1) is 47.0 Å². The highest BCUT2D eigenvalue weighted by Crippen LogP contribution is 2.43. The van der Waals surface area contributed by atoms with Crippen molar-refractivity contribution in [1.29, 1.82) is 0 Å². The van der Waals surface area contributed by atoms with Gasteiger partial charge in [-0.15, -0.1) is 0 Å². The van der Waals surface area contributed by atoms with Crippen molar-refractivity contribution in [2.75, 3.05) is 0 Å². The van der Waals surface area contributed by atoms with Crippen LogP contribution >= 0.6 is 0 Å². The van der Waals surface area contributed by atoms with Gasteiger partial charge in [0.15, 0.2) is 23.8 Å². The summed E-state index contributed by atoms with van der Waals surface area (Å²) >= 11 is 0. The lowest BCUT2D eigenvalue weighted by Crippen LogP contribution is -2.39. The van der Waals surface area contributed by atoms with E-state index in [1.807, 2.05) is 0 Å². The Morgan fingerprint density at radius 1 is 0.569 bits per heavy atom. The van der Waals surface area contributed by atoms with Crippen molar-refractivity contribution in [2.45, 2.75) is 37.1 Å². The first-order chi connectivity index (χ1) is 27.9. The number of ether oxygens (including phenoxy) is 2. The van der Waals surface area contributed by atoms with Gasteiger partial charge in [0.2, 0.25) is 0 Å². The van der Waals surface area contributed by atoms with Crippen molar-refractivity contribution in [3.8, 4) is 23.7 Å². The molecule has 0 aliphatic carbocycles. The quantitative estimate of drug-likeness (QED) is 0.138. The molecule has 2 aliphatic heterocycles. The number of carbonyl (C=O) groups excluding carboxylic acids is 2. The van der Waals surface area contributed by atoms with Gasteiger partial charge in [0, 0.05) is 59.4 Å². The fourth-order valence-electron chi connectivity index (χ4n) is 6.39. The zero-order valence-electron chi connectivity index (χ0n) is 30.6. The molecule has 8 rings (SSSR count). The SMILES string of the molecule is C[C@@]1(c2cncc(C#Cc3ncccc3F)c2)NC(=O)O[C@H]1c1ccc(F)cc1.C[C@]1(c2cncc(C#Cc3ncccc3F)c2)NC(=O)O[C@@H]1c1ccc(F)cc1. The van der Waals surface area contributed by atoms with Crippen molar-refractivity contribution in [3.63, 3.8) is 0 Å². The topological polar surface area (TPSA) is 128 Å². The summed E-state index contributed by atoms with van der Waals surface area (Å²) in [6.07, 6.45) is 6.63. The number of nitrogens with zero attached hydrogens (tertiary/aromatic N) is 4. The first kappa shape index (κ1) is 38.7. The maximum atomic E-state index is 13.7. The van der Waals surface area contributed by atoms with Crippen molar-refractivity contribution in [3.05, 3.63) is 190 Å². The van der Waals surface area contributed by atoms with Crippen LogP contribution in [0.4, 0.5) is 27.2 Å². The highest BCUT2D eigenvalue weighted by molar-refractivity contribution is 5.73. The maximum Gasteiger partial charge on any atom is 0.408 e. The number of hydrogen-bond acceptors (Lipinski definition) is 8. The molecule has 2 aromatic carbocycles. The number of pyridine rings is 4. The second kappa shape index (κ2) is 16.3. The van der Waals surface area contributed by atoms with Gasteiger partial charge in [0.25, 0.3) is 0 Å². The molecule has 0 unspecified atom stereocenters. The van der Waals surface area contributed by atoms with Gasteiger partial charge >= 0.3 is 12.2 Å². The summed E-state index contributed by atoms with van der Waals surface area (Å²) in [4.78, 5) is 40.2. The van der Waals surface area contributed by atoms with Crippen LogP contribution < -0.4 is 10.6 Å². The minimum Gasteiger partial charge on any atom is -0.438 e. The number of hydrogen-bond donors (Lipinski definition) is 2. The maximum absolute atomic E-state index is 13.7. The summed E-state index contributed by atoms with van der Waals surface area (Å²) in [5.74, 6) is 9.26. The van der Waals surface area contributed by atoms with E-state index in [2.05, 4.69) is 54.3 Å². The Morgan fingerprint density at radius 3 is 1.34 bits per heavy atom. The van der Waals surface area contributed by atoms with Crippen LogP contribution in [0.2, 0.25) is 0 Å². The summed E-state index contributed by atoms with van der Waals surface area (Å²) in [6, 6.07) is 20.5. The highest BCUT2D eigenvalue weighted by Gasteiger charge is 2.48. The third-order valence-electron chi connectivity index (χ3n) is 9.41. The van der Waals surface area contributed by atoms with Gasteiger partial charge in [-0.3, -0.25) is 9.97 Å². The normalized spacial score (nSPS) is 20.4. The zero-order valence-corrected chi connectivity index (χ0v) is 30.6. The summed E-state index contributed by atoms with van der Waals surface area (Å²) in [5, 5.41) is 5.61. The number of halogens is 4. The van der Waals surface area contributed by atoms with E-state index < -0.39 is 47.1 Å². The van der Waals surface area contributed by atoms with E-state index >= 15 is 0 Å². The molecule has 0 saturated carbocycles. The number of nitrogens with one attached hydrogen (secondary N) is 2. The van der Waals surface area contributed by atoms with E-state index in [-0.39, 0.29) is 23.0 Å². The molecular weight excluding hydrogens is 753 g/mol. The molecule has 2 fully saturated rings. The van der Waals surface area contributed by atoms with Crippen LogP contribution in [0.15, 0.2) is 122 Å².